The first-order valence-electron chi connectivity index (χ1n) is 16.5. The Bertz CT molecular complexity index is 2160. The Balaban J connectivity index is 0.000000212. The van der Waals surface area contributed by atoms with Crippen LogP contribution in [0.4, 0.5) is 31.5 Å². The van der Waals surface area contributed by atoms with Gasteiger partial charge in [0.15, 0.2) is 0 Å². The SMILES string of the molecule is CC(C)(C)OC(=O)c1ccc(-c2cc3ccccc3s2)cc1Nc1ccc(F)cc1.CC(C)(C)OC(=O)c1ccc(Br)cc1Nc1ccc(F)cc1. The van der Waals surface area contributed by atoms with Gasteiger partial charge in [-0.15, -0.1) is 11.3 Å². The summed E-state index contributed by atoms with van der Waals surface area (Å²) in [4.78, 5) is 26.2. The third kappa shape index (κ3) is 10.7. The zero-order valence-corrected chi connectivity index (χ0v) is 32.0. The lowest BCUT2D eigenvalue weighted by molar-refractivity contribution is 0.00581. The second-order valence-corrected chi connectivity index (χ2v) is 15.9. The predicted molar refractivity (Wildman–Crippen MR) is 211 cm³/mol. The molecule has 0 atom stereocenters. The van der Waals surface area contributed by atoms with E-state index in [9.17, 15) is 18.4 Å². The van der Waals surface area contributed by atoms with E-state index in [1.165, 1.54) is 34.4 Å². The summed E-state index contributed by atoms with van der Waals surface area (Å²) in [6, 6.07) is 33.2. The van der Waals surface area contributed by atoms with E-state index in [0.717, 1.165) is 14.9 Å². The van der Waals surface area contributed by atoms with E-state index in [1.54, 1.807) is 59.9 Å². The Hall–Kier alpha value is -5.06. The number of carbonyl (C=O) groups is 2. The number of nitrogens with one attached hydrogen (secondary N) is 2. The Morgan fingerprint density at radius 2 is 1.10 bits per heavy atom. The minimum Gasteiger partial charge on any atom is -0.456 e. The molecule has 268 valence electrons. The highest BCUT2D eigenvalue weighted by Gasteiger charge is 2.22. The quantitative estimate of drug-likeness (QED) is 0.157. The van der Waals surface area contributed by atoms with Crippen LogP contribution >= 0.6 is 27.3 Å². The Labute approximate surface area is 314 Å². The van der Waals surface area contributed by atoms with E-state index < -0.39 is 23.1 Å². The van der Waals surface area contributed by atoms with E-state index in [1.807, 2.05) is 65.8 Å². The molecule has 10 heteroatoms. The summed E-state index contributed by atoms with van der Waals surface area (Å²) in [5.41, 5.74) is 3.25. The van der Waals surface area contributed by atoms with Crippen molar-refractivity contribution in [3.05, 3.63) is 142 Å². The summed E-state index contributed by atoms with van der Waals surface area (Å²) in [6.07, 6.45) is 0. The molecule has 0 spiro atoms. The maximum Gasteiger partial charge on any atom is 0.340 e. The van der Waals surface area contributed by atoms with Crippen molar-refractivity contribution in [2.24, 2.45) is 0 Å². The third-order valence-corrected chi connectivity index (χ3v) is 8.85. The molecule has 0 amide bonds. The fraction of sp³-hybridized carbons (Fsp3) is 0.190. The van der Waals surface area contributed by atoms with Gasteiger partial charge in [-0.25, -0.2) is 18.4 Å². The molecule has 0 fully saturated rings. The molecule has 5 aromatic carbocycles. The molecule has 6 aromatic rings. The van der Waals surface area contributed by atoms with Crippen LogP contribution in [0.25, 0.3) is 20.5 Å². The number of esters is 2. The normalized spacial score (nSPS) is 11.3. The lowest BCUT2D eigenvalue weighted by atomic mass is 10.1. The van der Waals surface area contributed by atoms with Crippen molar-refractivity contribution in [1.29, 1.82) is 0 Å². The number of halogens is 3. The van der Waals surface area contributed by atoms with Crippen LogP contribution in [0.5, 0.6) is 0 Å². The van der Waals surface area contributed by atoms with Gasteiger partial charge in [0.1, 0.15) is 22.8 Å². The summed E-state index contributed by atoms with van der Waals surface area (Å²) < 4.78 is 39.3. The van der Waals surface area contributed by atoms with E-state index in [-0.39, 0.29) is 11.6 Å². The van der Waals surface area contributed by atoms with Gasteiger partial charge in [0.25, 0.3) is 0 Å². The number of fused-ring (bicyclic) bond motifs is 1. The van der Waals surface area contributed by atoms with Crippen molar-refractivity contribution in [3.8, 4) is 10.4 Å². The molecular weight excluding hydrogens is 746 g/mol. The first-order chi connectivity index (χ1) is 24.5. The maximum absolute atomic E-state index is 13.3. The van der Waals surface area contributed by atoms with Crippen LogP contribution in [-0.2, 0) is 9.47 Å². The highest BCUT2D eigenvalue weighted by atomic mass is 79.9. The lowest BCUT2D eigenvalue weighted by Gasteiger charge is -2.21. The van der Waals surface area contributed by atoms with Crippen molar-refractivity contribution in [3.63, 3.8) is 0 Å². The van der Waals surface area contributed by atoms with Crippen LogP contribution in [0.1, 0.15) is 62.3 Å². The smallest absolute Gasteiger partial charge is 0.340 e. The van der Waals surface area contributed by atoms with Gasteiger partial charge in [-0.3, -0.25) is 0 Å². The number of rotatable bonds is 7. The van der Waals surface area contributed by atoms with Crippen LogP contribution in [0.3, 0.4) is 0 Å². The highest BCUT2D eigenvalue weighted by molar-refractivity contribution is 9.10. The molecule has 1 heterocycles. The fourth-order valence-electron chi connectivity index (χ4n) is 4.94. The first kappa shape index (κ1) is 38.2. The number of carbonyl (C=O) groups excluding carboxylic acids is 2. The molecule has 1 aromatic heterocycles. The Morgan fingerprint density at radius 3 is 1.60 bits per heavy atom. The lowest BCUT2D eigenvalue weighted by Crippen LogP contribution is -2.24. The average molecular weight is 786 g/mol. The molecular formula is C42H39BrF2N2O4S. The van der Waals surface area contributed by atoms with Crippen molar-refractivity contribution in [1.82, 2.24) is 0 Å². The van der Waals surface area contributed by atoms with Gasteiger partial charge in [-0.2, -0.15) is 0 Å². The Morgan fingerprint density at radius 1 is 0.615 bits per heavy atom. The number of ether oxygens (including phenoxy) is 2. The summed E-state index contributed by atoms with van der Waals surface area (Å²) in [5.74, 6) is -1.45. The molecule has 0 saturated heterocycles. The van der Waals surface area contributed by atoms with E-state index in [4.69, 9.17) is 9.47 Å². The molecule has 0 aliphatic carbocycles. The number of benzene rings is 5. The minimum atomic E-state index is -0.603. The van der Waals surface area contributed by atoms with Crippen LogP contribution in [0, 0.1) is 11.6 Å². The van der Waals surface area contributed by atoms with Gasteiger partial charge >= 0.3 is 11.9 Å². The molecule has 0 radical (unpaired) electrons. The van der Waals surface area contributed by atoms with Crippen LogP contribution < -0.4 is 10.6 Å². The van der Waals surface area contributed by atoms with Crippen molar-refractivity contribution >= 4 is 72.0 Å². The fourth-order valence-corrected chi connectivity index (χ4v) is 6.36. The molecule has 6 nitrogen and oxygen atoms in total. The summed E-state index contributed by atoms with van der Waals surface area (Å²) in [6.45, 7) is 11.0. The number of hydrogen-bond acceptors (Lipinski definition) is 7. The summed E-state index contributed by atoms with van der Waals surface area (Å²) >= 11 is 5.08. The topological polar surface area (TPSA) is 76.7 Å². The second kappa shape index (κ2) is 16.1. The first-order valence-corrected chi connectivity index (χ1v) is 18.1. The number of thiophene rings is 1. The van der Waals surface area contributed by atoms with Crippen molar-refractivity contribution in [2.45, 2.75) is 52.7 Å². The van der Waals surface area contributed by atoms with E-state index in [2.05, 4.69) is 44.8 Å². The standard InChI is InChI=1S/C25H22FNO2S.C17H17BrFNO2/c1-25(2,3)29-24(28)20-13-8-17(23-15-16-6-4-5-7-22(16)30-23)14-21(20)27-19-11-9-18(26)10-12-19;1-17(2,3)22-16(21)14-9-4-11(18)10-15(14)20-13-7-5-12(19)6-8-13/h4-15,27H,1-3H3;4-10,20H,1-3H3. The van der Waals surface area contributed by atoms with Crippen molar-refractivity contribution in [2.75, 3.05) is 10.6 Å². The Kier molecular flexibility index (Phi) is 11.8. The van der Waals surface area contributed by atoms with E-state index in [0.29, 0.717) is 33.9 Å². The number of hydrogen-bond donors (Lipinski definition) is 2. The molecule has 0 aliphatic rings. The molecule has 0 unspecified atom stereocenters. The van der Waals surface area contributed by atoms with Crippen LogP contribution in [0.2, 0.25) is 0 Å². The van der Waals surface area contributed by atoms with Gasteiger partial charge in [0, 0.05) is 25.4 Å². The van der Waals surface area contributed by atoms with Crippen LogP contribution in [0.15, 0.2) is 120 Å². The average Bonchev–Trinajstić information content (AvgIpc) is 3.50. The molecule has 6 rings (SSSR count). The van der Waals surface area contributed by atoms with Gasteiger partial charge in [-0.1, -0.05) is 40.2 Å². The van der Waals surface area contributed by atoms with Gasteiger partial charge < -0.3 is 20.1 Å². The summed E-state index contributed by atoms with van der Waals surface area (Å²) in [7, 11) is 0. The molecule has 2 N–H and O–H groups in total. The third-order valence-electron chi connectivity index (χ3n) is 7.20. The molecule has 0 bridgehead atoms. The highest BCUT2D eigenvalue weighted by Crippen LogP contribution is 2.36. The molecule has 0 aliphatic heterocycles. The van der Waals surface area contributed by atoms with E-state index >= 15 is 0 Å². The maximum atomic E-state index is 13.3. The van der Waals surface area contributed by atoms with Gasteiger partial charge in [0.2, 0.25) is 0 Å². The van der Waals surface area contributed by atoms with Gasteiger partial charge in [0.05, 0.1) is 22.5 Å². The zero-order valence-electron chi connectivity index (χ0n) is 29.6. The minimum absolute atomic E-state index is 0.313. The second-order valence-electron chi connectivity index (χ2n) is 13.9. The summed E-state index contributed by atoms with van der Waals surface area (Å²) in [5, 5.41) is 7.54. The zero-order chi connectivity index (χ0) is 37.6. The van der Waals surface area contributed by atoms with Crippen LogP contribution in [-0.4, -0.2) is 23.1 Å². The predicted octanol–water partition coefficient (Wildman–Crippen LogP) is 12.7. The van der Waals surface area contributed by atoms with Crippen molar-refractivity contribution < 1.29 is 27.8 Å². The van der Waals surface area contributed by atoms with Gasteiger partial charge in [-0.05, 0) is 143 Å². The molecule has 52 heavy (non-hydrogen) atoms. The molecule has 0 saturated carbocycles. The number of anilines is 4. The monoisotopic (exact) mass is 784 g/mol. The largest absolute Gasteiger partial charge is 0.456 e.